The maximum atomic E-state index is 12.6. The molecule has 3 aromatic carbocycles. The van der Waals surface area contributed by atoms with Crippen molar-refractivity contribution >= 4 is 24.0 Å². The summed E-state index contributed by atoms with van der Waals surface area (Å²) >= 11 is 0. The van der Waals surface area contributed by atoms with Crippen molar-refractivity contribution in [1.29, 1.82) is 0 Å². The third-order valence-corrected chi connectivity index (χ3v) is 5.78. The van der Waals surface area contributed by atoms with Crippen molar-refractivity contribution in [1.82, 2.24) is 0 Å². The minimum Gasteiger partial charge on any atom is -0.456 e. The van der Waals surface area contributed by atoms with Crippen LogP contribution in [0.4, 0.5) is 10.5 Å². The van der Waals surface area contributed by atoms with E-state index >= 15 is 0 Å². The summed E-state index contributed by atoms with van der Waals surface area (Å²) in [6.07, 6.45) is -0.0238. The van der Waals surface area contributed by atoms with E-state index in [1.807, 2.05) is 36.4 Å². The Bertz CT molecular complexity index is 1230. The van der Waals surface area contributed by atoms with Crippen molar-refractivity contribution in [2.24, 2.45) is 0 Å². The molecule has 0 heterocycles. The number of hydrogen-bond acceptors (Lipinski definition) is 5. The Kier molecular flexibility index (Phi) is 6.24. The van der Waals surface area contributed by atoms with Crippen LogP contribution in [0.1, 0.15) is 64.1 Å². The minimum atomic E-state index is -0.693. The van der Waals surface area contributed by atoms with Gasteiger partial charge >= 0.3 is 12.1 Å². The van der Waals surface area contributed by atoms with E-state index in [0.29, 0.717) is 11.8 Å². The molecule has 6 heteroatoms. The van der Waals surface area contributed by atoms with E-state index in [1.54, 1.807) is 27.7 Å². The van der Waals surface area contributed by atoms with E-state index in [1.165, 1.54) is 12.1 Å². The molecule has 0 saturated heterocycles. The Morgan fingerprint density at radius 3 is 2.12 bits per heavy atom. The van der Waals surface area contributed by atoms with Crippen molar-refractivity contribution in [2.75, 3.05) is 11.9 Å². The molecular formula is C28H27NO5. The SMILES string of the molecule is Cc1c(C=O)cc(NC(=O)OCC2c3ccccc3-c3ccccc32)cc1C(=O)OC(C)(C)C. The number of ether oxygens (including phenoxy) is 2. The Morgan fingerprint density at radius 1 is 0.971 bits per heavy atom. The summed E-state index contributed by atoms with van der Waals surface area (Å²) in [5, 5.41) is 2.65. The first kappa shape index (κ1) is 23.2. The van der Waals surface area contributed by atoms with Crippen LogP contribution in [0.3, 0.4) is 0 Å². The number of benzene rings is 3. The zero-order chi connectivity index (χ0) is 24.5. The van der Waals surface area contributed by atoms with Gasteiger partial charge in [0.05, 0.1) is 5.56 Å². The molecule has 1 amide bonds. The molecule has 1 aliphatic carbocycles. The van der Waals surface area contributed by atoms with Crippen molar-refractivity contribution in [3.05, 3.63) is 88.5 Å². The number of aldehydes is 1. The first-order valence-corrected chi connectivity index (χ1v) is 11.1. The van der Waals surface area contributed by atoms with E-state index in [-0.39, 0.29) is 29.3 Å². The molecule has 0 spiro atoms. The number of amides is 1. The number of hydrogen-bond donors (Lipinski definition) is 1. The zero-order valence-corrected chi connectivity index (χ0v) is 19.7. The fourth-order valence-electron chi connectivity index (χ4n) is 4.23. The molecule has 6 nitrogen and oxygen atoms in total. The molecule has 0 aliphatic heterocycles. The first-order valence-electron chi connectivity index (χ1n) is 11.1. The number of rotatable bonds is 5. The number of carbonyl (C=O) groups excluding carboxylic acids is 3. The van der Waals surface area contributed by atoms with Gasteiger partial charge in [-0.1, -0.05) is 48.5 Å². The van der Waals surface area contributed by atoms with E-state index < -0.39 is 17.7 Å². The fourth-order valence-corrected chi connectivity index (χ4v) is 4.23. The predicted octanol–water partition coefficient (Wildman–Crippen LogP) is 6.12. The number of carbonyl (C=O) groups is 3. The first-order chi connectivity index (χ1) is 16.2. The Morgan fingerprint density at radius 2 is 1.56 bits per heavy atom. The van der Waals surface area contributed by atoms with Crippen molar-refractivity contribution in [2.45, 2.75) is 39.2 Å². The minimum absolute atomic E-state index is 0.0703. The van der Waals surface area contributed by atoms with E-state index in [4.69, 9.17) is 9.47 Å². The van der Waals surface area contributed by atoms with Crippen LogP contribution in [0, 0.1) is 6.92 Å². The monoisotopic (exact) mass is 457 g/mol. The summed E-state index contributed by atoms with van der Waals surface area (Å²) in [5.74, 6) is -0.636. The summed E-state index contributed by atoms with van der Waals surface area (Å²) < 4.78 is 11.0. The van der Waals surface area contributed by atoms with Gasteiger partial charge in [0.2, 0.25) is 0 Å². The van der Waals surface area contributed by atoms with Crippen molar-refractivity contribution < 1.29 is 23.9 Å². The molecule has 34 heavy (non-hydrogen) atoms. The molecule has 0 fully saturated rings. The maximum absolute atomic E-state index is 12.6. The smallest absolute Gasteiger partial charge is 0.411 e. The standard InChI is InChI=1S/C28H27NO5/c1-17-18(15-30)13-19(14-24(17)26(31)34-28(2,3)4)29-27(32)33-16-25-22-11-7-5-9-20(22)21-10-6-8-12-23(21)25/h5-15,25H,16H2,1-4H3,(H,29,32). The van der Waals surface area contributed by atoms with Crippen LogP contribution in [-0.4, -0.2) is 30.6 Å². The van der Waals surface area contributed by atoms with Crippen molar-refractivity contribution in [3.63, 3.8) is 0 Å². The lowest BCUT2D eigenvalue weighted by molar-refractivity contribution is 0.00686. The third kappa shape index (κ3) is 4.71. The molecule has 0 unspecified atom stereocenters. The largest absolute Gasteiger partial charge is 0.456 e. The van der Waals surface area contributed by atoms with Gasteiger partial charge in [-0.15, -0.1) is 0 Å². The second kappa shape index (κ2) is 9.14. The molecule has 0 saturated carbocycles. The summed E-state index contributed by atoms with van der Waals surface area (Å²) in [4.78, 5) is 36.9. The van der Waals surface area contributed by atoms with E-state index in [2.05, 4.69) is 17.4 Å². The molecule has 3 aromatic rings. The van der Waals surface area contributed by atoms with Gasteiger partial charge in [0.25, 0.3) is 0 Å². The summed E-state index contributed by atoms with van der Waals surface area (Å²) in [6.45, 7) is 7.12. The summed E-state index contributed by atoms with van der Waals surface area (Å²) in [7, 11) is 0. The van der Waals surface area contributed by atoms with Gasteiger partial charge in [0.1, 0.15) is 18.5 Å². The quantitative estimate of drug-likeness (QED) is 0.368. The molecule has 174 valence electrons. The second-order valence-electron chi connectivity index (χ2n) is 9.31. The molecule has 0 aromatic heterocycles. The van der Waals surface area contributed by atoms with Crippen molar-refractivity contribution in [3.8, 4) is 11.1 Å². The van der Waals surface area contributed by atoms with Gasteiger partial charge in [0, 0.05) is 17.2 Å². The third-order valence-electron chi connectivity index (χ3n) is 5.78. The average molecular weight is 458 g/mol. The van der Waals surface area contributed by atoms with Gasteiger partial charge in [-0.05, 0) is 67.6 Å². The highest BCUT2D eigenvalue weighted by molar-refractivity contribution is 5.97. The van der Waals surface area contributed by atoms with Crippen LogP contribution in [0.15, 0.2) is 60.7 Å². The Balaban J connectivity index is 1.51. The highest BCUT2D eigenvalue weighted by Gasteiger charge is 2.29. The lowest BCUT2D eigenvalue weighted by atomic mass is 9.98. The van der Waals surface area contributed by atoms with Crippen LogP contribution in [0.5, 0.6) is 0 Å². The zero-order valence-electron chi connectivity index (χ0n) is 19.7. The van der Waals surface area contributed by atoms with Crippen LogP contribution in [0.25, 0.3) is 11.1 Å². The van der Waals surface area contributed by atoms with Gasteiger partial charge in [0.15, 0.2) is 0 Å². The Labute approximate surface area is 198 Å². The van der Waals surface area contributed by atoms with Gasteiger partial charge in [-0.2, -0.15) is 0 Å². The molecule has 1 N–H and O–H groups in total. The number of anilines is 1. The van der Waals surface area contributed by atoms with Gasteiger partial charge in [-0.25, -0.2) is 9.59 Å². The van der Waals surface area contributed by atoms with E-state index in [9.17, 15) is 14.4 Å². The van der Waals surface area contributed by atoms with Crippen LogP contribution in [-0.2, 0) is 9.47 Å². The Hall–Kier alpha value is -3.93. The summed E-state index contributed by atoms with van der Waals surface area (Å²) in [5.41, 5.74) is 5.09. The molecule has 0 bridgehead atoms. The maximum Gasteiger partial charge on any atom is 0.411 e. The van der Waals surface area contributed by atoms with Gasteiger partial charge in [-0.3, -0.25) is 10.1 Å². The van der Waals surface area contributed by atoms with E-state index in [0.717, 1.165) is 22.3 Å². The normalized spacial score (nSPS) is 12.5. The highest BCUT2D eigenvalue weighted by atomic mass is 16.6. The topological polar surface area (TPSA) is 81.7 Å². The van der Waals surface area contributed by atoms with Gasteiger partial charge < -0.3 is 9.47 Å². The van der Waals surface area contributed by atoms with Crippen LogP contribution >= 0.6 is 0 Å². The molecule has 1 aliphatic rings. The average Bonchev–Trinajstić information content (AvgIpc) is 3.11. The molecule has 4 rings (SSSR count). The van der Waals surface area contributed by atoms with Crippen LogP contribution < -0.4 is 5.32 Å². The summed E-state index contributed by atoms with van der Waals surface area (Å²) in [6, 6.07) is 19.2. The number of esters is 1. The number of fused-ring (bicyclic) bond motifs is 3. The fraction of sp³-hybridized carbons (Fsp3) is 0.250. The highest BCUT2D eigenvalue weighted by Crippen LogP contribution is 2.44. The lowest BCUT2D eigenvalue weighted by Gasteiger charge is -2.21. The molecule has 0 radical (unpaired) electrons. The molecular weight excluding hydrogens is 430 g/mol. The second-order valence-corrected chi connectivity index (χ2v) is 9.31. The predicted molar refractivity (Wildman–Crippen MR) is 130 cm³/mol. The lowest BCUT2D eigenvalue weighted by Crippen LogP contribution is -2.25. The van der Waals surface area contributed by atoms with Crippen LogP contribution in [0.2, 0.25) is 0 Å². The number of nitrogens with one attached hydrogen (secondary N) is 1. The molecule has 0 atom stereocenters.